The lowest BCUT2D eigenvalue weighted by atomic mass is 9.95. The van der Waals surface area contributed by atoms with Gasteiger partial charge >= 0.3 is 0 Å². The molecule has 0 radical (unpaired) electrons. The average molecular weight is 273 g/mol. The average Bonchev–Trinajstić information content (AvgIpc) is 2.86. The molecule has 3 rings (SSSR count). The Balaban J connectivity index is 1.99. The maximum atomic E-state index is 6.11. The summed E-state index contributed by atoms with van der Waals surface area (Å²) in [5, 5.41) is 4.63. The van der Waals surface area contributed by atoms with Gasteiger partial charge in [-0.1, -0.05) is 20.8 Å². The van der Waals surface area contributed by atoms with E-state index in [-0.39, 0.29) is 0 Å². The van der Waals surface area contributed by atoms with Crippen LogP contribution in [-0.4, -0.2) is 33.7 Å². The van der Waals surface area contributed by atoms with Gasteiger partial charge in [0.25, 0.3) is 0 Å². The van der Waals surface area contributed by atoms with Gasteiger partial charge in [-0.25, -0.2) is 9.50 Å². The maximum absolute atomic E-state index is 6.11. The fourth-order valence-corrected chi connectivity index (χ4v) is 2.81. The Hall–Kier alpha value is -1.62. The van der Waals surface area contributed by atoms with Gasteiger partial charge in [-0.15, -0.1) is 0 Å². The molecule has 5 heteroatoms. The van der Waals surface area contributed by atoms with Gasteiger partial charge in [0.05, 0.1) is 5.69 Å². The molecule has 3 heterocycles. The van der Waals surface area contributed by atoms with Crippen molar-refractivity contribution in [2.24, 2.45) is 11.7 Å². The van der Waals surface area contributed by atoms with Crippen molar-refractivity contribution in [1.82, 2.24) is 14.6 Å². The first-order chi connectivity index (χ1) is 9.56. The summed E-state index contributed by atoms with van der Waals surface area (Å²) >= 11 is 0. The zero-order valence-electron chi connectivity index (χ0n) is 12.5. The highest BCUT2D eigenvalue weighted by Crippen LogP contribution is 2.26. The largest absolute Gasteiger partial charge is 0.354 e. The van der Waals surface area contributed by atoms with E-state index in [9.17, 15) is 0 Å². The van der Waals surface area contributed by atoms with E-state index in [1.54, 1.807) is 0 Å². The van der Waals surface area contributed by atoms with E-state index in [4.69, 9.17) is 5.73 Å². The number of hydrogen-bond donors (Lipinski definition) is 1. The molecule has 1 fully saturated rings. The summed E-state index contributed by atoms with van der Waals surface area (Å²) in [5.74, 6) is 1.96. The van der Waals surface area contributed by atoms with E-state index in [0.717, 1.165) is 36.5 Å². The molecule has 108 valence electrons. The van der Waals surface area contributed by atoms with Crippen LogP contribution >= 0.6 is 0 Å². The molecule has 2 N–H and O–H groups in total. The van der Waals surface area contributed by atoms with E-state index >= 15 is 0 Å². The molecule has 0 saturated carbocycles. The number of rotatable bonds is 2. The third-order valence-corrected chi connectivity index (χ3v) is 4.25. The summed E-state index contributed by atoms with van der Waals surface area (Å²) in [5.41, 5.74) is 8.32. The molecule has 2 unspecified atom stereocenters. The molecule has 20 heavy (non-hydrogen) atoms. The van der Waals surface area contributed by atoms with Crippen LogP contribution in [0.4, 0.5) is 5.82 Å². The SMILES string of the molecule is CC(C)c1cc2c(N3CCC(N)C(C)C3)nccn2n1. The lowest BCUT2D eigenvalue weighted by molar-refractivity contribution is 0.381. The molecule has 2 aromatic rings. The highest BCUT2D eigenvalue weighted by molar-refractivity contribution is 5.69. The molecular weight excluding hydrogens is 250 g/mol. The molecule has 2 aromatic heterocycles. The maximum Gasteiger partial charge on any atom is 0.154 e. The molecule has 1 saturated heterocycles. The van der Waals surface area contributed by atoms with Crippen LogP contribution in [0.1, 0.15) is 38.8 Å². The second-order valence-corrected chi connectivity index (χ2v) is 6.18. The second kappa shape index (κ2) is 5.05. The predicted molar refractivity (Wildman–Crippen MR) is 81.0 cm³/mol. The molecule has 0 amide bonds. The number of nitrogens with zero attached hydrogens (tertiary/aromatic N) is 4. The minimum atomic E-state index is 0.308. The third kappa shape index (κ3) is 2.26. The van der Waals surface area contributed by atoms with Crippen LogP contribution in [0.2, 0.25) is 0 Å². The first-order valence-corrected chi connectivity index (χ1v) is 7.41. The fraction of sp³-hybridized carbons (Fsp3) is 0.600. The molecule has 0 spiro atoms. The quantitative estimate of drug-likeness (QED) is 0.909. The molecule has 2 atom stereocenters. The van der Waals surface area contributed by atoms with Gasteiger partial charge < -0.3 is 10.6 Å². The van der Waals surface area contributed by atoms with Gasteiger partial charge in [0, 0.05) is 31.5 Å². The van der Waals surface area contributed by atoms with Crippen molar-refractivity contribution in [3.8, 4) is 0 Å². The Morgan fingerprint density at radius 3 is 2.90 bits per heavy atom. The van der Waals surface area contributed by atoms with Gasteiger partial charge in [0.2, 0.25) is 0 Å². The number of nitrogens with two attached hydrogens (primary N) is 1. The number of fused-ring (bicyclic) bond motifs is 1. The second-order valence-electron chi connectivity index (χ2n) is 6.18. The summed E-state index contributed by atoms with van der Waals surface area (Å²) in [7, 11) is 0. The van der Waals surface area contributed by atoms with Crippen LogP contribution in [-0.2, 0) is 0 Å². The van der Waals surface area contributed by atoms with Crippen LogP contribution in [0.15, 0.2) is 18.5 Å². The highest BCUT2D eigenvalue weighted by Gasteiger charge is 2.25. The zero-order valence-corrected chi connectivity index (χ0v) is 12.5. The Kier molecular flexibility index (Phi) is 3.38. The Bertz CT molecular complexity index is 603. The van der Waals surface area contributed by atoms with Crippen LogP contribution < -0.4 is 10.6 Å². The number of piperidine rings is 1. The first-order valence-electron chi connectivity index (χ1n) is 7.41. The van der Waals surface area contributed by atoms with Crippen molar-refractivity contribution < 1.29 is 0 Å². The Morgan fingerprint density at radius 2 is 2.20 bits per heavy atom. The van der Waals surface area contributed by atoms with Crippen molar-refractivity contribution in [3.63, 3.8) is 0 Å². The number of aromatic nitrogens is 3. The van der Waals surface area contributed by atoms with Crippen LogP contribution in [0.3, 0.4) is 0 Å². The topological polar surface area (TPSA) is 59.5 Å². The van der Waals surface area contributed by atoms with Crippen molar-refractivity contribution in [2.45, 2.75) is 39.2 Å². The Morgan fingerprint density at radius 1 is 1.40 bits per heavy atom. The van der Waals surface area contributed by atoms with E-state index in [1.165, 1.54) is 0 Å². The van der Waals surface area contributed by atoms with E-state index in [1.807, 2.05) is 16.9 Å². The summed E-state index contributed by atoms with van der Waals surface area (Å²) in [6, 6.07) is 2.47. The van der Waals surface area contributed by atoms with Gasteiger partial charge in [-0.2, -0.15) is 5.10 Å². The van der Waals surface area contributed by atoms with Crippen molar-refractivity contribution in [2.75, 3.05) is 18.0 Å². The predicted octanol–water partition coefficient (Wildman–Crippen LogP) is 2.03. The van der Waals surface area contributed by atoms with Crippen molar-refractivity contribution in [3.05, 3.63) is 24.2 Å². The van der Waals surface area contributed by atoms with Crippen LogP contribution in [0.25, 0.3) is 5.52 Å². The van der Waals surface area contributed by atoms with Gasteiger partial charge in [0.15, 0.2) is 5.82 Å². The Labute approximate surface area is 119 Å². The molecule has 1 aliphatic rings. The standard InChI is InChI=1S/C15H23N5/c1-10(2)13-8-14-15(17-5-7-20(14)18-13)19-6-4-12(16)11(3)9-19/h5,7-8,10-12H,4,6,9,16H2,1-3H3. The summed E-state index contributed by atoms with van der Waals surface area (Å²) in [6.07, 6.45) is 4.78. The van der Waals surface area contributed by atoms with E-state index < -0.39 is 0 Å². The normalized spacial score (nSPS) is 23.8. The number of hydrogen-bond acceptors (Lipinski definition) is 4. The van der Waals surface area contributed by atoms with Gasteiger partial charge in [0.1, 0.15) is 5.52 Å². The van der Waals surface area contributed by atoms with Crippen LogP contribution in [0, 0.1) is 5.92 Å². The molecule has 5 nitrogen and oxygen atoms in total. The molecular formula is C15H23N5. The first kappa shape index (κ1) is 13.4. The highest BCUT2D eigenvalue weighted by atomic mass is 15.3. The minimum Gasteiger partial charge on any atom is -0.354 e. The molecule has 0 aromatic carbocycles. The molecule has 0 aliphatic carbocycles. The third-order valence-electron chi connectivity index (χ3n) is 4.25. The number of anilines is 1. The minimum absolute atomic E-state index is 0.308. The van der Waals surface area contributed by atoms with Gasteiger partial charge in [-0.05, 0) is 24.3 Å². The summed E-state index contributed by atoms with van der Waals surface area (Å²) < 4.78 is 1.94. The zero-order chi connectivity index (χ0) is 14.3. The van der Waals surface area contributed by atoms with E-state index in [0.29, 0.717) is 17.9 Å². The summed E-state index contributed by atoms with van der Waals surface area (Å²) in [4.78, 5) is 6.93. The summed E-state index contributed by atoms with van der Waals surface area (Å²) in [6.45, 7) is 8.48. The van der Waals surface area contributed by atoms with Crippen molar-refractivity contribution >= 4 is 11.3 Å². The molecule has 0 bridgehead atoms. The molecule has 1 aliphatic heterocycles. The van der Waals surface area contributed by atoms with Gasteiger partial charge in [-0.3, -0.25) is 0 Å². The lowest BCUT2D eigenvalue weighted by Crippen LogP contribution is -2.46. The lowest BCUT2D eigenvalue weighted by Gasteiger charge is -2.35. The monoisotopic (exact) mass is 273 g/mol. The fourth-order valence-electron chi connectivity index (χ4n) is 2.81. The van der Waals surface area contributed by atoms with Crippen LogP contribution in [0.5, 0.6) is 0 Å². The van der Waals surface area contributed by atoms with E-state index in [2.05, 4.69) is 41.8 Å². The smallest absolute Gasteiger partial charge is 0.154 e. The van der Waals surface area contributed by atoms with Crippen molar-refractivity contribution in [1.29, 1.82) is 0 Å².